The fourth-order valence-corrected chi connectivity index (χ4v) is 8.64. The molecule has 45 heavy (non-hydrogen) atoms. The summed E-state index contributed by atoms with van der Waals surface area (Å²) >= 11 is 2.10. The number of allylic oxidation sites excluding steroid dienone is 2. The van der Waals surface area contributed by atoms with Crippen LogP contribution in [-0.4, -0.2) is 10.2 Å². The van der Waals surface area contributed by atoms with Crippen molar-refractivity contribution in [2.24, 2.45) is 0 Å². The average Bonchev–Trinajstić information content (AvgIpc) is 2.93. The molecule has 0 saturated heterocycles. The highest BCUT2D eigenvalue weighted by molar-refractivity contribution is 8.00. The van der Waals surface area contributed by atoms with Gasteiger partial charge in [-0.15, -0.1) is 11.8 Å². The Balaban J connectivity index is 2.00. The SMILES string of the molecule is CC(C)(C)c1cc(C(SC(C2=CCCCC2)c2cc(C(C)(C)C)c(O)c(C(C)(C)C)c2)C2=CCCCC2)cc(C(C)(C)C)c1O. The molecule has 0 bridgehead atoms. The van der Waals surface area contributed by atoms with Gasteiger partial charge in [0.15, 0.2) is 0 Å². The minimum absolute atomic E-state index is 0.179. The van der Waals surface area contributed by atoms with Gasteiger partial charge in [0.2, 0.25) is 0 Å². The first-order chi connectivity index (χ1) is 20.7. The van der Waals surface area contributed by atoms with Crippen LogP contribution in [0.4, 0.5) is 0 Å². The molecule has 248 valence electrons. The number of phenols is 2. The van der Waals surface area contributed by atoms with E-state index in [0.717, 1.165) is 47.9 Å². The van der Waals surface area contributed by atoms with E-state index in [1.807, 2.05) is 0 Å². The summed E-state index contributed by atoms with van der Waals surface area (Å²) in [5.41, 5.74) is 9.12. The Kier molecular flexibility index (Phi) is 10.5. The molecule has 2 aromatic rings. The van der Waals surface area contributed by atoms with Gasteiger partial charge >= 0.3 is 0 Å². The zero-order valence-corrected chi connectivity index (χ0v) is 31.4. The lowest BCUT2D eigenvalue weighted by Crippen LogP contribution is -2.20. The molecule has 2 aliphatic rings. The van der Waals surface area contributed by atoms with Crippen LogP contribution in [0.2, 0.25) is 0 Å². The van der Waals surface area contributed by atoms with Crippen molar-refractivity contribution < 1.29 is 10.2 Å². The maximum Gasteiger partial charge on any atom is 0.123 e. The van der Waals surface area contributed by atoms with Crippen LogP contribution in [0.25, 0.3) is 0 Å². The second-order valence-corrected chi connectivity index (χ2v) is 19.1. The number of phenolic OH excluding ortho intramolecular Hbond substituents is 2. The van der Waals surface area contributed by atoms with E-state index in [-0.39, 0.29) is 32.2 Å². The smallest absolute Gasteiger partial charge is 0.123 e. The summed E-state index contributed by atoms with van der Waals surface area (Å²) in [6.07, 6.45) is 14.5. The fraction of sp³-hybridized carbons (Fsp3) is 0.619. The molecule has 0 spiro atoms. The maximum atomic E-state index is 11.6. The van der Waals surface area contributed by atoms with Crippen molar-refractivity contribution in [1.82, 2.24) is 0 Å². The Morgan fingerprint density at radius 3 is 1.00 bits per heavy atom. The Hall–Kier alpha value is -2.13. The van der Waals surface area contributed by atoms with E-state index >= 15 is 0 Å². The standard InChI is InChI=1S/C42H62O2S/c1-39(2,3)31-23-29(24-32(35(31)43)40(4,5)6)37(27-19-15-13-16-20-27)45-38(28-21-17-14-18-22-28)30-25-33(41(7,8)9)36(44)34(26-30)42(10,11)12/h19,21,23-26,37-38,43-44H,13-18,20,22H2,1-12H3. The Labute approximate surface area is 280 Å². The van der Waals surface area contributed by atoms with E-state index in [4.69, 9.17) is 0 Å². The first-order valence-corrected chi connectivity index (χ1v) is 18.4. The van der Waals surface area contributed by atoms with E-state index in [2.05, 4.69) is 131 Å². The van der Waals surface area contributed by atoms with Crippen LogP contribution in [-0.2, 0) is 21.7 Å². The zero-order valence-electron chi connectivity index (χ0n) is 30.6. The molecular formula is C42H62O2S. The van der Waals surface area contributed by atoms with Crippen LogP contribution in [0.1, 0.15) is 178 Å². The lowest BCUT2D eigenvalue weighted by Gasteiger charge is -2.35. The molecule has 2 N–H and O–H groups in total. The predicted octanol–water partition coefficient (Wildman–Crippen LogP) is 12.8. The second-order valence-electron chi connectivity index (χ2n) is 17.9. The molecule has 4 rings (SSSR count). The van der Waals surface area contributed by atoms with Gasteiger partial charge in [0, 0.05) is 0 Å². The largest absolute Gasteiger partial charge is 0.507 e. The van der Waals surface area contributed by atoms with Crippen LogP contribution in [0.15, 0.2) is 47.6 Å². The summed E-state index contributed by atoms with van der Waals surface area (Å²) in [6.45, 7) is 26.6. The van der Waals surface area contributed by atoms with Crippen molar-refractivity contribution in [2.45, 2.75) is 167 Å². The lowest BCUT2D eigenvalue weighted by atomic mass is 9.77. The van der Waals surface area contributed by atoms with Crippen molar-refractivity contribution in [1.29, 1.82) is 0 Å². The van der Waals surface area contributed by atoms with Gasteiger partial charge in [0.25, 0.3) is 0 Å². The number of benzene rings is 2. The topological polar surface area (TPSA) is 40.5 Å². The fourth-order valence-electron chi connectivity index (χ4n) is 7.00. The van der Waals surface area contributed by atoms with E-state index in [1.165, 1.54) is 48.0 Å². The Bertz CT molecular complexity index is 1250. The quantitative estimate of drug-likeness (QED) is 0.312. The molecule has 0 heterocycles. The summed E-state index contributed by atoms with van der Waals surface area (Å²) in [5, 5.41) is 23.6. The monoisotopic (exact) mass is 630 g/mol. The third kappa shape index (κ3) is 8.24. The van der Waals surface area contributed by atoms with Crippen molar-refractivity contribution >= 4 is 11.8 Å². The van der Waals surface area contributed by atoms with Crippen LogP contribution < -0.4 is 0 Å². The van der Waals surface area contributed by atoms with Crippen LogP contribution in [0.3, 0.4) is 0 Å². The van der Waals surface area contributed by atoms with Gasteiger partial charge in [0.1, 0.15) is 11.5 Å². The molecule has 3 heteroatoms. The first kappa shape index (κ1) is 35.7. The highest BCUT2D eigenvalue weighted by Crippen LogP contribution is 2.54. The number of hydrogen-bond donors (Lipinski definition) is 2. The third-order valence-corrected chi connectivity index (χ3v) is 11.4. The van der Waals surface area contributed by atoms with Crippen LogP contribution in [0, 0.1) is 0 Å². The van der Waals surface area contributed by atoms with Crippen molar-refractivity contribution in [3.63, 3.8) is 0 Å². The molecule has 2 nitrogen and oxygen atoms in total. The summed E-state index contributed by atoms with van der Waals surface area (Å²) in [5.74, 6) is 0.907. The summed E-state index contributed by atoms with van der Waals surface area (Å²) < 4.78 is 0. The highest BCUT2D eigenvalue weighted by atomic mass is 32.2. The normalized spacial score (nSPS) is 18.3. The molecule has 0 aromatic heterocycles. The van der Waals surface area contributed by atoms with Gasteiger partial charge < -0.3 is 10.2 Å². The van der Waals surface area contributed by atoms with Gasteiger partial charge in [-0.2, -0.15) is 0 Å². The third-order valence-electron chi connectivity index (χ3n) is 9.70. The molecule has 0 aliphatic heterocycles. The maximum absolute atomic E-state index is 11.6. The van der Waals surface area contributed by atoms with Crippen LogP contribution in [0.5, 0.6) is 11.5 Å². The molecule has 2 aliphatic carbocycles. The molecule has 0 amide bonds. The van der Waals surface area contributed by atoms with Crippen molar-refractivity contribution in [3.05, 3.63) is 80.9 Å². The molecule has 2 aromatic carbocycles. The van der Waals surface area contributed by atoms with E-state index in [9.17, 15) is 10.2 Å². The second kappa shape index (κ2) is 13.2. The minimum Gasteiger partial charge on any atom is -0.507 e. The first-order valence-electron chi connectivity index (χ1n) is 17.5. The minimum atomic E-state index is -0.179. The number of aromatic hydroxyl groups is 2. The average molecular weight is 631 g/mol. The van der Waals surface area contributed by atoms with Gasteiger partial charge in [0.05, 0.1) is 10.5 Å². The van der Waals surface area contributed by atoms with E-state index in [0.29, 0.717) is 11.5 Å². The van der Waals surface area contributed by atoms with E-state index in [1.54, 1.807) is 0 Å². The molecule has 0 saturated carbocycles. The number of rotatable bonds is 6. The molecule has 2 atom stereocenters. The molecular weight excluding hydrogens is 569 g/mol. The van der Waals surface area contributed by atoms with E-state index < -0.39 is 0 Å². The predicted molar refractivity (Wildman–Crippen MR) is 197 cm³/mol. The van der Waals surface area contributed by atoms with Gasteiger partial charge in [-0.25, -0.2) is 0 Å². The van der Waals surface area contributed by atoms with Crippen molar-refractivity contribution in [2.75, 3.05) is 0 Å². The molecule has 2 unspecified atom stereocenters. The Morgan fingerprint density at radius 1 is 0.489 bits per heavy atom. The summed E-state index contributed by atoms with van der Waals surface area (Å²) in [6, 6.07) is 9.29. The van der Waals surface area contributed by atoms with Gasteiger partial charge in [-0.05, 0) is 106 Å². The molecule has 0 radical (unpaired) electrons. The van der Waals surface area contributed by atoms with Gasteiger partial charge in [-0.3, -0.25) is 0 Å². The number of thioether (sulfide) groups is 1. The lowest BCUT2D eigenvalue weighted by molar-refractivity contribution is 0.422. The highest BCUT2D eigenvalue weighted by Gasteiger charge is 2.34. The molecule has 0 fully saturated rings. The van der Waals surface area contributed by atoms with Crippen LogP contribution >= 0.6 is 11.8 Å². The van der Waals surface area contributed by atoms with Gasteiger partial charge in [-0.1, -0.05) is 131 Å². The summed E-state index contributed by atoms with van der Waals surface area (Å²) in [4.78, 5) is 0. The Morgan fingerprint density at radius 2 is 0.778 bits per heavy atom. The number of hydrogen-bond acceptors (Lipinski definition) is 3. The summed E-state index contributed by atoms with van der Waals surface area (Å²) in [7, 11) is 0. The zero-order chi connectivity index (χ0) is 33.5. The van der Waals surface area contributed by atoms with Crippen molar-refractivity contribution in [3.8, 4) is 11.5 Å².